The maximum absolute atomic E-state index is 12.3. The number of nitrogens with one attached hydrogen (secondary N) is 3. The van der Waals surface area contributed by atoms with Crippen LogP contribution in [0.5, 0.6) is 0 Å². The highest BCUT2D eigenvalue weighted by Gasteiger charge is 2.09. The Morgan fingerprint density at radius 3 is 2.43 bits per heavy atom. The number of hydrogen-bond acceptors (Lipinski definition) is 6. The van der Waals surface area contributed by atoms with Gasteiger partial charge in [0.1, 0.15) is 5.76 Å². The van der Waals surface area contributed by atoms with Crippen LogP contribution in [0.3, 0.4) is 0 Å². The van der Waals surface area contributed by atoms with Crippen LogP contribution in [-0.4, -0.2) is 31.4 Å². The number of ether oxygens (including phenoxy) is 1. The number of anilines is 2. The number of carbonyl (C=O) groups excluding carboxylic acids is 3. The Balaban J connectivity index is 1.50. The molecule has 0 aliphatic carbocycles. The molecular formula is C22H21N3O5. The highest BCUT2D eigenvalue weighted by molar-refractivity contribution is 5.98. The Kier molecular flexibility index (Phi) is 6.83. The molecule has 1 aromatic heterocycles. The highest BCUT2D eigenvalue weighted by atomic mass is 16.5. The zero-order valence-corrected chi connectivity index (χ0v) is 16.3. The van der Waals surface area contributed by atoms with Gasteiger partial charge in [0.15, 0.2) is 0 Å². The van der Waals surface area contributed by atoms with E-state index in [1.54, 1.807) is 66.9 Å². The maximum atomic E-state index is 12.3. The Hall–Kier alpha value is -4.07. The summed E-state index contributed by atoms with van der Waals surface area (Å²) in [6, 6.07) is 16.8. The molecule has 1 heterocycles. The van der Waals surface area contributed by atoms with Gasteiger partial charge in [0.05, 0.1) is 32.0 Å². The Bertz CT molecular complexity index is 1010. The number of hydrogen-bond donors (Lipinski definition) is 3. The van der Waals surface area contributed by atoms with Crippen molar-refractivity contribution in [2.75, 3.05) is 24.3 Å². The molecule has 8 nitrogen and oxygen atoms in total. The molecule has 154 valence electrons. The van der Waals surface area contributed by atoms with Gasteiger partial charge in [0.2, 0.25) is 5.91 Å². The van der Waals surface area contributed by atoms with E-state index in [0.29, 0.717) is 28.3 Å². The van der Waals surface area contributed by atoms with E-state index in [1.165, 1.54) is 7.11 Å². The molecule has 2 amide bonds. The van der Waals surface area contributed by atoms with Crippen molar-refractivity contribution in [3.8, 4) is 0 Å². The molecule has 0 unspecified atom stereocenters. The summed E-state index contributed by atoms with van der Waals surface area (Å²) in [6.45, 7) is 0.299. The van der Waals surface area contributed by atoms with Gasteiger partial charge in [-0.05, 0) is 54.6 Å². The number of esters is 1. The molecule has 0 saturated carbocycles. The van der Waals surface area contributed by atoms with Gasteiger partial charge in [-0.2, -0.15) is 0 Å². The van der Waals surface area contributed by atoms with E-state index in [2.05, 4.69) is 20.7 Å². The van der Waals surface area contributed by atoms with Crippen LogP contribution in [0.2, 0.25) is 0 Å². The van der Waals surface area contributed by atoms with E-state index in [0.717, 1.165) is 0 Å². The molecule has 0 aliphatic heterocycles. The summed E-state index contributed by atoms with van der Waals surface area (Å²) >= 11 is 0. The molecular weight excluding hydrogens is 386 g/mol. The fourth-order valence-corrected chi connectivity index (χ4v) is 2.65. The molecule has 0 spiro atoms. The van der Waals surface area contributed by atoms with Crippen molar-refractivity contribution < 1.29 is 23.5 Å². The zero-order chi connectivity index (χ0) is 21.3. The summed E-state index contributed by atoms with van der Waals surface area (Å²) < 4.78 is 9.83. The molecule has 3 rings (SSSR count). The monoisotopic (exact) mass is 407 g/mol. The van der Waals surface area contributed by atoms with Crippen molar-refractivity contribution in [1.29, 1.82) is 0 Å². The van der Waals surface area contributed by atoms with Crippen LogP contribution in [0.15, 0.2) is 71.3 Å². The van der Waals surface area contributed by atoms with E-state index in [9.17, 15) is 14.4 Å². The third-order valence-corrected chi connectivity index (χ3v) is 4.17. The van der Waals surface area contributed by atoms with Gasteiger partial charge < -0.3 is 25.1 Å². The van der Waals surface area contributed by atoms with Crippen LogP contribution < -0.4 is 16.0 Å². The summed E-state index contributed by atoms with van der Waals surface area (Å²) in [5.74, 6) is -0.322. The lowest BCUT2D eigenvalue weighted by atomic mass is 10.2. The van der Waals surface area contributed by atoms with Gasteiger partial charge in [-0.15, -0.1) is 0 Å². The largest absolute Gasteiger partial charge is 0.467 e. The number of benzene rings is 2. The van der Waals surface area contributed by atoms with Crippen molar-refractivity contribution in [2.24, 2.45) is 0 Å². The average Bonchev–Trinajstić information content (AvgIpc) is 3.30. The van der Waals surface area contributed by atoms with E-state index in [1.807, 2.05) is 0 Å². The summed E-state index contributed by atoms with van der Waals surface area (Å²) in [7, 11) is 1.32. The van der Waals surface area contributed by atoms with Crippen molar-refractivity contribution in [1.82, 2.24) is 5.32 Å². The predicted molar refractivity (Wildman–Crippen MR) is 111 cm³/mol. The van der Waals surface area contributed by atoms with Crippen LogP contribution in [0.4, 0.5) is 11.4 Å². The predicted octanol–water partition coefficient (Wildman–Crippen LogP) is 3.05. The number of furan rings is 1. The third kappa shape index (κ3) is 5.71. The normalized spacial score (nSPS) is 10.2. The zero-order valence-electron chi connectivity index (χ0n) is 16.3. The molecule has 0 saturated heterocycles. The molecule has 0 atom stereocenters. The summed E-state index contributed by atoms with van der Waals surface area (Å²) in [4.78, 5) is 35.9. The third-order valence-electron chi connectivity index (χ3n) is 4.17. The van der Waals surface area contributed by atoms with E-state index >= 15 is 0 Å². The molecule has 8 heteroatoms. The second-order valence-corrected chi connectivity index (χ2v) is 6.31. The van der Waals surface area contributed by atoms with Crippen LogP contribution >= 0.6 is 0 Å². The number of rotatable bonds is 8. The van der Waals surface area contributed by atoms with E-state index in [4.69, 9.17) is 4.42 Å². The molecule has 30 heavy (non-hydrogen) atoms. The standard InChI is InChI=1S/C22H21N3O5/c1-29-22(28)15-7-9-17(10-8-15)23-14-20(26)25-18-5-2-4-16(12-18)21(27)24-13-19-6-3-11-30-19/h2-12,23H,13-14H2,1H3,(H,24,27)(H,25,26). The van der Waals surface area contributed by atoms with Gasteiger partial charge in [-0.25, -0.2) is 4.79 Å². The van der Waals surface area contributed by atoms with Gasteiger partial charge >= 0.3 is 5.97 Å². The Labute approximate surface area is 173 Å². The first-order valence-electron chi connectivity index (χ1n) is 9.18. The van der Waals surface area contributed by atoms with Crippen molar-refractivity contribution in [3.05, 3.63) is 83.8 Å². The summed E-state index contributed by atoms with van der Waals surface area (Å²) in [5.41, 5.74) is 2.04. The number of methoxy groups -OCH3 is 1. The summed E-state index contributed by atoms with van der Waals surface area (Å²) in [5, 5.41) is 8.46. The second kappa shape index (κ2) is 9.92. The minimum atomic E-state index is -0.424. The SMILES string of the molecule is COC(=O)c1ccc(NCC(=O)Nc2cccc(C(=O)NCc3ccco3)c2)cc1. The summed E-state index contributed by atoms with van der Waals surface area (Å²) in [6.07, 6.45) is 1.54. The van der Waals surface area contributed by atoms with Gasteiger partial charge in [0.25, 0.3) is 5.91 Å². The van der Waals surface area contributed by atoms with E-state index < -0.39 is 5.97 Å². The van der Waals surface area contributed by atoms with Crippen molar-refractivity contribution in [3.63, 3.8) is 0 Å². The van der Waals surface area contributed by atoms with Crippen LogP contribution in [0, 0.1) is 0 Å². The lowest BCUT2D eigenvalue weighted by Crippen LogP contribution is -2.24. The molecule has 3 aromatic rings. The molecule has 0 aliphatic rings. The topological polar surface area (TPSA) is 110 Å². The van der Waals surface area contributed by atoms with E-state index in [-0.39, 0.29) is 24.9 Å². The first-order chi connectivity index (χ1) is 14.5. The van der Waals surface area contributed by atoms with Crippen molar-refractivity contribution >= 4 is 29.2 Å². The lowest BCUT2D eigenvalue weighted by molar-refractivity contribution is -0.114. The fourth-order valence-electron chi connectivity index (χ4n) is 2.65. The number of amides is 2. The van der Waals surface area contributed by atoms with Gasteiger partial charge in [-0.1, -0.05) is 6.07 Å². The minimum absolute atomic E-state index is 0.0203. The van der Waals surface area contributed by atoms with Gasteiger partial charge in [0, 0.05) is 16.9 Å². The molecule has 0 bridgehead atoms. The molecule has 0 radical (unpaired) electrons. The highest BCUT2D eigenvalue weighted by Crippen LogP contribution is 2.13. The molecule has 2 aromatic carbocycles. The molecule has 0 fully saturated rings. The maximum Gasteiger partial charge on any atom is 0.337 e. The fraction of sp³-hybridized carbons (Fsp3) is 0.136. The minimum Gasteiger partial charge on any atom is -0.467 e. The Morgan fingerprint density at radius 1 is 0.933 bits per heavy atom. The average molecular weight is 407 g/mol. The van der Waals surface area contributed by atoms with Crippen LogP contribution in [-0.2, 0) is 16.1 Å². The quantitative estimate of drug-likeness (QED) is 0.495. The van der Waals surface area contributed by atoms with Crippen LogP contribution in [0.25, 0.3) is 0 Å². The number of carbonyl (C=O) groups is 3. The first-order valence-corrected chi connectivity index (χ1v) is 9.18. The van der Waals surface area contributed by atoms with Crippen LogP contribution in [0.1, 0.15) is 26.5 Å². The first kappa shape index (κ1) is 20.7. The Morgan fingerprint density at radius 2 is 1.73 bits per heavy atom. The smallest absolute Gasteiger partial charge is 0.337 e. The van der Waals surface area contributed by atoms with Crippen molar-refractivity contribution in [2.45, 2.75) is 6.54 Å². The molecule has 3 N–H and O–H groups in total. The van der Waals surface area contributed by atoms with Gasteiger partial charge in [-0.3, -0.25) is 9.59 Å². The second-order valence-electron chi connectivity index (χ2n) is 6.31. The lowest BCUT2D eigenvalue weighted by Gasteiger charge is -2.10.